The summed E-state index contributed by atoms with van der Waals surface area (Å²) in [5.41, 5.74) is 2.84. The van der Waals surface area contributed by atoms with Crippen LogP contribution in [0.2, 0.25) is 0 Å². The molecule has 1 aromatic heterocycles. The number of benzene rings is 2. The van der Waals surface area contributed by atoms with E-state index in [-0.39, 0.29) is 11.3 Å². The van der Waals surface area contributed by atoms with Gasteiger partial charge in [-0.05, 0) is 41.3 Å². The van der Waals surface area contributed by atoms with Gasteiger partial charge in [0.05, 0.1) is 17.3 Å². The quantitative estimate of drug-likeness (QED) is 0.602. The van der Waals surface area contributed by atoms with Gasteiger partial charge in [0.15, 0.2) is 4.80 Å². The average molecular weight is 381 g/mol. The lowest BCUT2D eigenvalue weighted by molar-refractivity contribution is 0.0998. The molecule has 27 heavy (non-hydrogen) atoms. The van der Waals surface area contributed by atoms with Crippen molar-refractivity contribution in [3.8, 4) is 5.75 Å². The molecular weight excluding hydrogens is 356 g/mol. The number of hydrogen-bond acceptors (Lipinski definition) is 3. The molecule has 0 saturated heterocycles. The van der Waals surface area contributed by atoms with Crippen LogP contribution in [-0.4, -0.2) is 17.6 Å². The fraction of sp³-hybridized carbons (Fsp3) is 0.273. The number of allylic oxidation sites excluding steroid dienone is 1. The lowest BCUT2D eigenvalue weighted by Crippen LogP contribution is -2.16. The lowest BCUT2D eigenvalue weighted by atomic mass is 9.87. The highest BCUT2D eigenvalue weighted by atomic mass is 32.1. The highest BCUT2D eigenvalue weighted by Gasteiger charge is 2.14. The Hall–Kier alpha value is -2.66. The molecule has 1 amide bonds. The van der Waals surface area contributed by atoms with E-state index in [4.69, 9.17) is 4.74 Å². The van der Waals surface area contributed by atoms with Crippen LogP contribution in [-0.2, 0) is 12.0 Å². The number of nitrogens with zero attached hydrogens (tertiary/aromatic N) is 2. The summed E-state index contributed by atoms with van der Waals surface area (Å²) >= 11 is 1.47. The fourth-order valence-electron chi connectivity index (χ4n) is 2.84. The second-order valence-electron chi connectivity index (χ2n) is 7.36. The number of carbonyl (C=O) groups excluding carboxylic acids is 1. The number of hydrogen-bond donors (Lipinski definition) is 0. The van der Waals surface area contributed by atoms with Crippen molar-refractivity contribution in [2.24, 2.45) is 4.99 Å². The van der Waals surface area contributed by atoms with E-state index < -0.39 is 0 Å². The molecule has 0 spiro atoms. The monoisotopic (exact) mass is 380 g/mol. The Bertz CT molecular complexity index is 1050. The normalized spacial score (nSPS) is 12.4. The van der Waals surface area contributed by atoms with Gasteiger partial charge in [0.1, 0.15) is 5.75 Å². The van der Waals surface area contributed by atoms with Gasteiger partial charge in [-0.3, -0.25) is 4.79 Å². The van der Waals surface area contributed by atoms with E-state index in [1.54, 1.807) is 13.2 Å². The molecule has 4 nitrogen and oxygen atoms in total. The minimum Gasteiger partial charge on any atom is -0.497 e. The van der Waals surface area contributed by atoms with Crippen molar-refractivity contribution in [3.05, 3.63) is 71.0 Å². The largest absolute Gasteiger partial charge is 0.497 e. The van der Waals surface area contributed by atoms with E-state index in [1.807, 2.05) is 47.0 Å². The first-order valence-electron chi connectivity index (χ1n) is 8.81. The second-order valence-corrected chi connectivity index (χ2v) is 8.37. The van der Waals surface area contributed by atoms with Gasteiger partial charge in [-0.1, -0.05) is 50.3 Å². The van der Waals surface area contributed by atoms with Gasteiger partial charge in [0.2, 0.25) is 0 Å². The van der Waals surface area contributed by atoms with Crippen molar-refractivity contribution in [2.45, 2.75) is 32.7 Å². The minimum absolute atomic E-state index is 0.0518. The molecule has 2 aromatic carbocycles. The summed E-state index contributed by atoms with van der Waals surface area (Å²) in [5, 5.41) is 0. The molecule has 3 rings (SSSR count). The van der Waals surface area contributed by atoms with Crippen LogP contribution in [0.3, 0.4) is 0 Å². The van der Waals surface area contributed by atoms with Crippen LogP contribution in [0.4, 0.5) is 0 Å². The topological polar surface area (TPSA) is 43.6 Å². The number of fused-ring (bicyclic) bond motifs is 1. The molecule has 0 radical (unpaired) electrons. The number of rotatable bonds is 4. The third-order valence-electron chi connectivity index (χ3n) is 4.40. The summed E-state index contributed by atoms with van der Waals surface area (Å²) in [7, 11) is 1.64. The van der Waals surface area contributed by atoms with Crippen molar-refractivity contribution in [3.63, 3.8) is 0 Å². The standard InChI is InChI=1S/C22H24N2O2S/c1-6-13-24-18-12-11-17(26-5)14-19(18)27-21(24)23-20(25)15-7-9-16(10-8-15)22(2,3)4/h6-12,14H,1,13H2,2-5H3. The van der Waals surface area contributed by atoms with Gasteiger partial charge in [-0.2, -0.15) is 4.99 Å². The van der Waals surface area contributed by atoms with Crippen molar-refractivity contribution in [2.75, 3.05) is 7.11 Å². The Labute approximate surface area is 163 Å². The Kier molecular flexibility index (Phi) is 5.33. The number of carbonyl (C=O) groups is 1. The van der Waals surface area contributed by atoms with Gasteiger partial charge < -0.3 is 9.30 Å². The molecule has 5 heteroatoms. The van der Waals surface area contributed by atoms with E-state index in [0.717, 1.165) is 16.0 Å². The fourth-order valence-corrected chi connectivity index (χ4v) is 3.90. The number of amides is 1. The molecule has 140 valence electrons. The molecule has 1 heterocycles. The van der Waals surface area contributed by atoms with Gasteiger partial charge >= 0.3 is 0 Å². The van der Waals surface area contributed by atoms with Crippen LogP contribution in [0.15, 0.2) is 60.1 Å². The highest BCUT2D eigenvalue weighted by Crippen LogP contribution is 2.24. The molecule has 0 aliphatic heterocycles. The van der Waals surface area contributed by atoms with Gasteiger partial charge in [0, 0.05) is 12.1 Å². The summed E-state index contributed by atoms with van der Waals surface area (Å²) in [6.45, 7) is 10.9. The maximum Gasteiger partial charge on any atom is 0.279 e. The molecule has 0 aliphatic rings. The Morgan fingerprint density at radius 3 is 2.52 bits per heavy atom. The molecule has 0 atom stereocenters. The summed E-state index contributed by atoms with van der Waals surface area (Å²) in [6.07, 6.45) is 1.80. The first-order valence-corrected chi connectivity index (χ1v) is 9.63. The van der Waals surface area contributed by atoms with Crippen LogP contribution in [0, 0.1) is 0 Å². The van der Waals surface area contributed by atoms with Crippen molar-refractivity contribution < 1.29 is 9.53 Å². The van der Waals surface area contributed by atoms with Crippen LogP contribution >= 0.6 is 11.3 Å². The Balaban J connectivity index is 2.04. The minimum atomic E-state index is -0.244. The lowest BCUT2D eigenvalue weighted by Gasteiger charge is -2.18. The summed E-state index contributed by atoms with van der Waals surface area (Å²) in [6, 6.07) is 13.5. The van der Waals surface area contributed by atoms with Crippen molar-refractivity contribution >= 4 is 27.5 Å². The predicted molar refractivity (Wildman–Crippen MR) is 112 cm³/mol. The zero-order valence-electron chi connectivity index (χ0n) is 16.2. The first kappa shape index (κ1) is 19.1. The van der Waals surface area contributed by atoms with E-state index in [1.165, 1.54) is 16.9 Å². The Morgan fingerprint density at radius 1 is 1.22 bits per heavy atom. The van der Waals surface area contributed by atoms with E-state index in [9.17, 15) is 4.79 Å². The van der Waals surface area contributed by atoms with E-state index >= 15 is 0 Å². The van der Waals surface area contributed by atoms with E-state index in [0.29, 0.717) is 16.9 Å². The molecular formula is C22H24N2O2S. The number of ether oxygens (including phenoxy) is 1. The van der Waals surface area contributed by atoms with Crippen LogP contribution < -0.4 is 9.54 Å². The van der Waals surface area contributed by atoms with E-state index in [2.05, 4.69) is 32.3 Å². The molecule has 0 bridgehead atoms. The van der Waals surface area contributed by atoms with Crippen LogP contribution in [0.5, 0.6) is 5.75 Å². The predicted octanol–water partition coefficient (Wildman–Crippen LogP) is 4.94. The van der Waals surface area contributed by atoms with Gasteiger partial charge in [-0.25, -0.2) is 0 Å². The number of aromatic nitrogens is 1. The highest BCUT2D eigenvalue weighted by molar-refractivity contribution is 7.16. The van der Waals surface area contributed by atoms with Crippen molar-refractivity contribution in [1.29, 1.82) is 0 Å². The second kappa shape index (κ2) is 7.53. The summed E-state index contributed by atoms with van der Waals surface area (Å²) in [5.74, 6) is 0.539. The maximum atomic E-state index is 12.7. The summed E-state index contributed by atoms with van der Waals surface area (Å²) < 4.78 is 8.31. The molecule has 0 aliphatic carbocycles. The molecule has 0 N–H and O–H groups in total. The van der Waals surface area contributed by atoms with Crippen molar-refractivity contribution in [1.82, 2.24) is 4.57 Å². The number of methoxy groups -OCH3 is 1. The average Bonchev–Trinajstić information content (AvgIpc) is 2.97. The third kappa shape index (κ3) is 4.03. The SMILES string of the molecule is C=CCn1c(=NC(=O)c2ccc(C(C)(C)C)cc2)sc2cc(OC)ccc21. The molecule has 3 aromatic rings. The molecule has 0 unspecified atom stereocenters. The first-order chi connectivity index (χ1) is 12.8. The third-order valence-corrected chi connectivity index (χ3v) is 5.44. The zero-order chi connectivity index (χ0) is 19.6. The number of thiazole rings is 1. The van der Waals surface area contributed by atoms with Crippen LogP contribution in [0.25, 0.3) is 10.2 Å². The zero-order valence-corrected chi connectivity index (χ0v) is 17.0. The van der Waals surface area contributed by atoms with Crippen LogP contribution in [0.1, 0.15) is 36.7 Å². The molecule has 0 fully saturated rings. The summed E-state index contributed by atoms with van der Waals surface area (Å²) in [4.78, 5) is 17.7. The molecule has 0 saturated carbocycles. The Morgan fingerprint density at radius 2 is 1.93 bits per heavy atom. The smallest absolute Gasteiger partial charge is 0.279 e. The van der Waals surface area contributed by atoms with Gasteiger partial charge in [0.25, 0.3) is 5.91 Å². The van der Waals surface area contributed by atoms with Gasteiger partial charge in [-0.15, -0.1) is 6.58 Å². The maximum absolute atomic E-state index is 12.7.